The van der Waals surface area contributed by atoms with E-state index in [0.717, 1.165) is 16.8 Å². The van der Waals surface area contributed by atoms with Crippen molar-refractivity contribution in [2.24, 2.45) is 5.73 Å². The van der Waals surface area contributed by atoms with Crippen LogP contribution in [0.1, 0.15) is 17.5 Å². The van der Waals surface area contributed by atoms with Crippen molar-refractivity contribution in [3.63, 3.8) is 0 Å². The summed E-state index contributed by atoms with van der Waals surface area (Å²) in [6.45, 7) is 2.54. The lowest BCUT2D eigenvalue weighted by Crippen LogP contribution is -2.21. The summed E-state index contributed by atoms with van der Waals surface area (Å²) in [6, 6.07) is 5.84. The van der Waals surface area contributed by atoms with E-state index < -0.39 is 0 Å². The molecule has 0 saturated heterocycles. The molecule has 1 aromatic rings. The molecule has 0 aliphatic carbocycles. The monoisotopic (exact) mass is 251 g/mol. The smallest absolute Gasteiger partial charge is 0.221 e. The van der Waals surface area contributed by atoms with Crippen molar-refractivity contribution < 1.29 is 4.79 Å². The van der Waals surface area contributed by atoms with Crippen LogP contribution in [-0.2, 0) is 4.79 Å². The number of hydrogen-bond donors (Lipinski definition) is 3. The average molecular weight is 251 g/mol. The lowest BCUT2D eigenvalue weighted by molar-refractivity contribution is -0.120. The molecule has 0 aromatic heterocycles. The van der Waals surface area contributed by atoms with E-state index in [0.29, 0.717) is 18.0 Å². The Balaban J connectivity index is 2.70. The molecule has 1 amide bonds. The molecule has 0 fully saturated rings. The number of amides is 1. The van der Waals surface area contributed by atoms with E-state index in [4.69, 9.17) is 18.0 Å². The van der Waals surface area contributed by atoms with Gasteiger partial charge in [-0.15, -0.1) is 0 Å². The SMILES string of the molecule is CNC(=O)CCNc1ccc(C)cc1C(N)=S. The van der Waals surface area contributed by atoms with E-state index in [-0.39, 0.29) is 5.91 Å². The molecular weight excluding hydrogens is 234 g/mol. The number of carbonyl (C=O) groups is 1. The van der Waals surface area contributed by atoms with Gasteiger partial charge in [0.1, 0.15) is 4.99 Å². The maximum Gasteiger partial charge on any atom is 0.221 e. The van der Waals surface area contributed by atoms with Crippen molar-refractivity contribution in [2.75, 3.05) is 18.9 Å². The molecule has 1 aromatic carbocycles. The molecule has 17 heavy (non-hydrogen) atoms. The van der Waals surface area contributed by atoms with Gasteiger partial charge in [-0.1, -0.05) is 23.8 Å². The second-order valence-electron chi connectivity index (χ2n) is 3.76. The Labute approximate surface area is 107 Å². The van der Waals surface area contributed by atoms with Gasteiger partial charge in [0.15, 0.2) is 0 Å². The Kier molecular flexibility index (Phi) is 4.90. The molecule has 0 aliphatic rings. The minimum absolute atomic E-state index is 0.00138. The third-order valence-corrected chi connectivity index (χ3v) is 2.61. The predicted octanol–water partition coefficient (Wildman–Crippen LogP) is 1.18. The highest BCUT2D eigenvalue weighted by Crippen LogP contribution is 2.17. The Morgan fingerprint density at radius 3 is 2.76 bits per heavy atom. The van der Waals surface area contributed by atoms with Crippen molar-refractivity contribution >= 4 is 28.8 Å². The zero-order valence-corrected chi connectivity index (χ0v) is 10.9. The third-order valence-electron chi connectivity index (χ3n) is 2.39. The molecule has 0 bridgehead atoms. The molecule has 0 unspecified atom stereocenters. The molecule has 92 valence electrons. The zero-order chi connectivity index (χ0) is 12.8. The van der Waals surface area contributed by atoms with Crippen molar-refractivity contribution in [1.29, 1.82) is 0 Å². The zero-order valence-electron chi connectivity index (χ0n) is 10.0. The number of nitrogens with two attached hydrogens (primary N) is 1. The standard InChI is InChI=1S/C12H17N3OS/c1-8-3-4-10(9(7-8)12(13)17)15-6-5-11(16)14-2/h3-4,7,15H,5-6H2,1-2H3,(H2,13,17)(H,14,16). The maximum absolute atomic E-state index is 11.1. The van der Waals surface area contributed by atoms with Crippen LogP contribution in [0.3, 0.4) is 0 Å². The van der Waals surface area contributed by atoms with Crippen LogP contribution in [0.4, 0.5) is 5.69 Å². The first-order valence-corrected chi connectivity index (χ1v) is 5.80. The number of benzene rings is 1. The molecule has 1 rings (SSSR count). The van der Waals surface area contributed by atoms with Gasteiger partial charge in [-0.25, -0.2) is 0 Å². The van der Waals surface area contributed by atoms with Crippen molar-refractivity contribution in [3.05, 3.63) is 29.3 Å². The second kappa shape index (κ2) is 6.20. The normalized spacial score (nSPS) is 9.76. The van der Waals surface area contributed by atoms with Crippen molar-refractivity contribution in [1.82, 2.24) is 5.32 Å². The van der Waals surface area contributed by atoms with E-state index in [2.05, 4.69) is 10.6 Å². The molecule has 0 radical (unpaired) electrons. The van der Waals surface area contributed by atoms with Crippen LogP contribution in [0, 0.1) is 6.92 Å². The fourth-order valence-electron chi connectivity index (χ4n) is 1.45. The first-order chi connectivity index (χ1) is 8.04. The number of thiocarbonyl (C=S) groups is 1. The summed E-state index contributed by atoms with van der Waals surface area (Å²) >= 11 is 4.99. The van der Waals surface area contributed by atoms with Gasteiger partial charge in [0, 0.05) is 31.3 Å². The first kappa shape index (κ1) is 13.4. The summed E-state index contributed by atoms with van der Waals surface area (Å²) in [7, 11) is 1.62. The maximum atomic E-state index is 11.1. The Morgan fingerprint density at radius 1 is 1.47 bits per heavy atom. The second-order valence-corrected chi connectivity index (χ2v) is 4.20. The van der Waals surface area contributed by atoms with Crippen LogP contribution in [0.15, 0.2) is 18.2 Å². The number of nitrogens with one attached hydrogen (secondary N) is 2. The topological polar surface area (TPSA) is 67.2 Å². The van der Waals surface area contributed by atoms with E-state index in [1.807, 2.05) is 25.1 Å². The largest absolute Gasteiger partial charge is 0.389 e. The van der Waals surface area contributed by atoms with Gasteiger partial charge in [-0.2, -0.15) is 0 Å². The first-order valence-electron chi connectivity index (χ1n) is 5.39. The molecule has 0 spiro atoms. The fraction of sp³-hybridized carbons (Fsp3) is 0.333. The minimum Gasteiger partial charge on any atom is -0.389 e. The van der Waals surface area contributed by atoms with E-state index >= 15 is 0 Å². The van der Waals surface area contributed by atoms with E-state index in [1.165, 1.54) is 0 Å². The molecule has 0 atom stereocenters. The Bertz CT molecular complexity index is 432. The average Bonchev–Trinajstić information content (AvgIpc) is 2.30. The highest BCUT2D eigenvalue weighted by Gasteiger charge is 2.05. The highest BCUT2D eigenvalue weighted by molar-refractivity contribution is 7.80. The molecule has 0 aliphatic heterocycles. The highest BCUT2D eigenvalue weighted by atomic mass is 32.1. The van der Waals surface area contributed by atoms with Gasteiger partial charge < -0.3 is 16.4 Å². The van der Waals surface area contributed by atoms with E-state index in [1.54, 1.807) is 7.05 Å². The van der Waals surface area contributed by atoms with Crippen LogP contribution in [0.25, 0.3) is 0 Å². The van der Waals surface area contributed by atoms with Gasteiger partial charge in [-0.3, -0.25) is 4.79 Å². The third kappa shape index (κ3) is 4.03. The van der Waals surface area contributed by atoms with Crippen LogP contribution in [0.5, 0.6) is 0 Å². The molecule has 0 saturated carbocycles. The quantitative estimate of drug-likeness (QED) is 0.687. The van der Waals surface area contributed by atoms with E-state index in [9.17, 15) is 4.79 Å². The molecule has 4 N–H and O–H groups in total. The predicted molar refractivity (Wildman–Crippen MR) is 74.2 cm³/mol. The summed E-state index contributed by atoms with van der Waals surface area (Å²) in [6.07, 6.45) is 0.418. The summed E-state index contributed by atoms with van der Waals surface area (Å²) in [4.78, 5) is 11.4. The fourth-order valence-corrected chi connectivity index (χ4v) is 1.62. The lowest BCUT2D eigenvalue weighted by Gasteiger charge is -2.11. The van der Waals surface area contributed by atoms with Crippen LogP contribution in [-0.4, -0.2) is 24.5 Å². The number of carbonyl (C=O) groups excluding carboxylic acids is 1. The van der Waals surface area contributed by atoms with Crippen molar-refractivity contribution in [3.8, 4) is 0 Å². The molecule has 4 nitrogen and oxygen atoms in total. The van der Waals surface area contributed by atoms with Crippen molar-refractivity contribution in [2.45, 2.75) is 13.3 Å². The van der Waals surface area contributed by atoms with Crippen LogP contribution in [0.2, 0.25) is 0 Å². The van der Waals surface area contributed by atoms with Gasteiger partial charge in [-0.05, 0) is 19.1 Å². The minimum atomic E-state index is 0.00138. The molecular formula is C12H17N3OS. The molecule has 0 heterocycles. The van der Waals surface area contributed by atoms with Gasteiger partial charge >= 0.3 is 0 Å². The summed E-state index contributed by atoms with van der Waals surface area (Å²) in [5, 5.41) is 5.73. The van der Waals surface area contributed by atoms with Crippen LogP contribution < -0.4 is 16.4 Å². The van der Waals surface area contributed by atoms with Gasteiger partial charge in [0.25, 0.3) is 0 Å². The summed E-state index contributed by atoms with van der Waals surface area (Å²) in [5.74, 6) is 0.00138. The number of hydrogen-bond acceptors (Lipinski definition) is 3. The summed E-state index contributed by atoms with van der Waals surface area (Å²) in [5.41, 5.74) is 8.44. The Morgan fingerprint density at radius 2 is 2.18 bits per heavy atom. The lowest BCUT2D eigenvalue weighted by atomic mass is 10.1. The number of rotatable bonds is 5. The molecule has 5 heteroatoms. The van der Waals surface area contributed by atoms with Gasteiger partial charge in [0.2, 0.25) is 5.91 Å². The van der Waals surface area contributed by atoms with Gasteiger partial charge in [0.05, 0.1) is 0 Å². The number of anilines is 1. The summed E-state index contributed by atoms with van der Waals surface area (Å²) < 4.78 is 0. The number of aryl methyl sites for hydroxylation is 1. The van der Waals surface area contributed by atoms with Crippen LogP contribution >= 0.6 is 12.2 Å². The Hall–Kier alpha value is -1.62.